The van der Waals surface area contributed by atoms with E-state index in [9.17, 15) is 27.6 Å². The van der Waals surface area contributed by atoms with Gasteiger partial charge in [-0.25, -0.2) is 22.9 Å². The van der Waals surface area contributed by atoms with Crippen LogP contribution in [0.3, 0.4) is 0 Å². The van der Waals surface area contributed by atoms with Gasteiger partial charge in [-0.2, -0.15) is 0 Å². The average Bonchev–Trinajstić information content (AvgIpc) is 3.66. The molecule has 0 aliphatic heterocycles. The highest BCUT2D eigenvalue weighted by Crippen LogP contribution is 2.43. The maximum absolute atomic E-state index is 13.8. The van der Waals surface area contributed by atoms with Crippen LogP contribution in [-0.4, -0.2) is 65.3 Å². The largest absolute Gasteiger partial charge is 0.444 e. The number of carbonyl (C=O) groups excluding carboxylic acids is 3. The number of oxime groups is 1. The van der Waals surface area contributed by atoms with Gasteiger partial charge in [0.2, 0.25) is 16.0 Å². The third-order valence-electron chi connectivity index (χ3n) is 6.40. The number of aryl methyl sites for hydroxylation is 1. The van der Waals surface area contributed by atoms with Crippen LogP contribution in [0.1, 0.15) is 65.6 Å². The summed E-state index contributed by atoms with van der Waals surface area (Å²) in [7, 11) is -3.97. The number of hydrogen-bond acceptors (Lipinski definition) is 10. The quantitative estimate of drug-likeness (QED) is 0.193. The molecule has 1 heterocycles. The molecule has 1 saturated carbocycles. The van der Waals surface area contributed by atoms with Crippen LogP contribution >= 0.6 is 0 Å². The van der Waals surface area contributed by atoms with Crippen molar-refractivity contribution in [2.75, 3.05) is 11.3 Å². The molecule has 0 unspecified atom stereocenters. The number of nitrogens with two attached hydrogens (primary N) is 1. The van der Waals surface area contributed by atoms with Gasteiger partial charge in [0.25, 0.3) is 11.5 Å². The summed E-state index contributed by atoms with van der Waals surface area (Å²) in [5, 5.41) is 5.87. The molecule has 15 nitrogen and oxygen atoms in total. The van der Waals surface area contributed by atoms with E-state index < -0.39 is 62.9 Å². The lowest BCUT2D eigenvalue weighted by atomic mass is 10.2. The summed E-state index contributed by atoms with van der Waals surface area (Å²) in [6, 6.07) is 11.2. The van der Waals surface area contributed by atoms with Crippen LogP contribution < -0.4 is 21.3 Å². The lowest BCUT2D eigenvalue weighted by Crippen LogP contribution is -2.52. The highest BCUT2D eigenvalue weighted by atomic mass is 32.2. The van der Waals surface area contributed by atoms with E-state index in [1.807, 2.05) is 0 Å². The minimum absolute atomic E-state index is 0.259. The van der Waals surface area contributed by atoms with Gasteiger partial charge in [0.1, 0.15) is 30.0 Å². The molecule has 0 bridgehead atoms. The van der Waals surface area contributed by atoms with Gasteiger partial charge in [0, 0.05) is 5.69 Å². The fourth-order valence-electron chi connectivity index (χ4n) is 4.25. The van der Waals surface area contributed by atoms with Gasteiger partial charge in [-0.3, -0.25) is 19.6 Å². The molecule has 0 radical (unpaired) electrons. The van der Waals surface area contributed by atoms with Crippen molar-refractivity contribution in [3.63, 3.8) is 0 Å². The van der Waals surface area contributed by atoms with Gasteiger partial charge in [-0.05, 0) is 84.2 Å². The fraction of sp³-hybridized carbons (Fsp3) is 0.500. The Bertz CT molecular complexity index is 1640. The second-order valence-corrected chi connectivity index (χ2v) is 14.7. The van der Waals surface area contributed by atoms with Crippen LogP contribution in [-0.2, 0) is 41.4 Å². The number of sulfonamides is 1. The van der Waals surface area contributed by atoms with Crippen LogP contribution in [0.4, 0.5) is 15.3 Å². The van der Waals surface area contributed by atoms with E-state index in [2.05, 4.69) is 15.2 Å². The molecule has 3 amide bonds. The third-order valence-corrected chi connectivity index (χ3v) is 7.65. The molecule has 4 N–H and O–H groups in total. The van der Waals surface area contributed by atoms with Crippen molar-refractivity contribution in [2.24, 2.45) is 10.9 Å². The molecule has 1 aromatic heterocycles. The molecule has 0 saturated heterocycles. The van der Waals surface area contributed by atoms with Crippen LogP contribution in [0.2, 0.25) is 0 Å². The summed E-state index contributed by atoms with van der Waals surface area (Å²) in [5.74, 6) is -1.57. The van der Waals surface area contributed by atoms with Crippen molar-refractivity contribution < 1.29 is 37.1 Å². The number of amides is 3. The van der Waals surface area contributed by atoms with Crippen LogP contribution in [0.5, 0.6) is 0 Å². The number of guanidine groups is 1. The Morgan fingerprint density at radius 2 is 1.61 bits per heavy atom. The molecular weight excluding hydrogens is 620 g/mol. The number of imide groups is 1. The lowest BCUT2D eigenvalue weighted by Gasteiger charge is -2.32. The molecule has 1 aliphatic carbocycles. The third kappa shape index (κ3) is 10.5. The molecule has 16 heteroatoms. The van der Waals surface area contributed by atoms with Gasteiger partial charge in [0.05, 0.1) is 11.3 Å². The summed E-state index contributed by atoms with van der Waals surface area (Å²) in [4.78, 5) is 58.7. The van der Waals surface area contributed by atoms with Crippen molar-refractivity contribution in [1.82, 2.24) is 14.8 Å². The first-order chi connectivity index (χ1) is 21.2. The smallest absolute Gasteiger partial charge is 0.417 e. The van der Waals surface area contributed by atoms with Gasteiger partial charge in [-0.15, -0.1) is 0 Å². The Morgan fingerprint density at radius 1 is 1.00 bits per heavy atom. The number of benzene rings is 1. The number of hydrogen-bond donors (Lipinski definition) is 3. The van der Waals surface area contributed by atoms with Crippen LogP contribution in [0.25, 0.3) is 0 Å². The minimum atomic E-state index is -3.97. The molecule has 252 valence electrons. The topological polar surface area (TPSA) is 201 Å². The first-order valence-corrected chi connectivity index (χ1v) is 16.1. The molecule has 0 spiro atoms. The van der Waals surface area contributed by atoms with Crippen molar-refractivity contribution >= 4 is 39.8 Å². The van der Waals surface area contributed by atoms with E-state index >= 15 is 0 Å². The van der Waals surface area contributed by atoms with E-state index in [0.717, 1.165) is 9.47 Å². The predicted molar refractivity (Wildman–Crippen MR) is 170 cm³/mol. The van der Waals surface area contributed by atoms with E-state index in [4.69, 9.17) is 20.0 Å². The van der Waals surface area contributed by atoms with Gasteiger partial charge in [0.15, 0.2) is 0 Å². The number of pyridine rings is 1. The lowest BCUT2D eigenvalue weighted by molar-refractivity contribution is -0.135. The number of anilines is 1. The molecule has 1 aromatic carbocycles. The number of ether oxygens (including phenoxy) is 2. The Kier molecular flexibility index (Phi) is 10.8. The fourth-order valence-corrected chi connectivity index (χ4v) is 5.44. The number of aromatic nitrogens is 1. The first-order valence-electron chi connectivity index (χ1n) is 14.5. The normalized spacial score (nSPS) is 14.5. The maximum Gasteiger partial charge on any atom is 0.417 e. The zero-order valence-corrected chi connectivity index (χ0v) is 27.9. The van der Waals surface area contributed by atoms with Crippen LogP contribution in [0.15, 0.2) is 52.4 Å². The van der Waals surface area contributed by atoms with Crippen molar-refractivity contribution in [3.05, 3.63) is 64.1 Å². The molecule has 1 aliphatic rings. The number of carbonyl (C=O) groups is 3. The average molecular weight is 663 g/mol. The Labute approximate surface area is 268 Å². The first kappa shape index (κ1) is 35.9. The number of rotatable bonds is 10. The van der Waals surface area contributed by atoms with E-state index in [0.29, 0.717) is 24.1 Å². The van der Waals surface area contributed by atoms with E-state index in [-0.39, 0.29) is 18.0 Å². The molecule has 0 atom stereocenters. The Balaban J connectivity index is 1.82. The van der Waals surface area contributed by atoms with Crippen molar-refractivity contribution in [2.45, 2.75) is 90.3 Å². The zero-order valence-electron chi connectivity index (χ0n) is 27.1. The molecule has 2 aromatic rings. The second kappa shape index (κ2) is 13.8. The SMILES string of the molecule is Cc1ccc(NS(=O)(=O)Cc2ccccc2)c(=O)n1CC(=O)N(C(=O)OC(C)(C)C)C1(CON=C(N)NC(=O)OC(C)(C)C)CC1. The molecule has 46 heavy (non-hydrogen) atoms. The standard InChI is InChI=1S/C30H42N6O9S/c1-20-13-14-22(34-46(41,42)18-21-11-9-8-10-12-21)24(38)35(20)17-23(37)36(27(40)45-29(5,6)7)30(15-16-30)19-43-33-25(31)32-26(39)44-28(2,3)4/h8-14,34H,15-19H2,1-7H3,(H3,31,32,33,39). The monoisotopic (exact) mass is 662 g/mol. The van der Waals surface area contributed by atoms with Gasteiger partial charge < -0.3 is 24.6 Å². The number of alkyl carbamates (subject to hydrolysis) is 1. The number of nitrogens with zero attached hydrogens (tertiary/aromatic N) is 3. The Hall–Kier alpha value is -4.60. The van der Waals surface area contributed by atoms with Gasteiger partial charge >= 0.3 is 12.2 Å². The molecule has 1 fully saturated rings. The summed E-state index contributed by atoms with van der Waals surface area (Å²) in [5.41, 5.74) is 2.63. The summed E-state index contributed by atoms with van der Waals surface area (Å²) in [6.07, 6.45) is -1.15. The van der Waals surface area contributed by atoms with E-state index in [1.165, 1.54) is 12.1 Å². The highest BCUT2D eigenvalue weighted by Gasteiger charge is 2.55. The predicted octanol–water partition coefficient (Wildman–Crippen LogP) is 3.17. The highest BCUT2D eigenvalue weighted by molar-refractivity contribution is 7.91. The van der Waals surface area contributed by atoms with Gasteiger partial charge in [-0.1, -0.05) is 30.3 Å². The molecule has 3 rings (SSSR count). The summed E-state index contributed by atoms with van der Waals surface area (Å²) in [6.45, 7) is 10.6. The number of nitrogens with one attached hydrogen (secondary N) is 2. The summed E-state index contributed by atoms with van der Waals surface area (Å²) >= 11 is 0. The van der Waals surface area contributed by atoms with Crippen LogP contribution in [0, 0.1) is 6.92 Å². The van der Waals surface area contributed by atoms with Crippen molar-refractivity contribution in [3.8, 4) is 0 Å². The van der Waals surface area contributed by atoms with Crippen molar-refractivity contribution in [1.29, 1.82) is 0 Å². The molecular formula is C30H42N6O9S. The Morgan fingerprint density at radius 3 is 2.17 bits per heavy atom. The second-order valence-electron chi connectivity index (χ2n) is 12.9. The van der Waals surface area contributed by atoms with E-state index in [1.54, 1.807) is 78.8 Å². The zero-order chi connectivity index (χ0) is 34.5. The maximum atomic E-state index is 13.8. The summed E-state index contributed by atoms with van der Waals surface area (Å²) < 4.78 is 39.6. The minimum Gasteiger partial charge on any atom is -0.444 e.